The predicted octanol–water partition coefficient (Wildman–Crippen LogP) is 2.40. The molecule has 0 radical (unpaired) electrons. The maximum Gasteiger partial charge on any atom is 0.339 e. The highest BCUT2D eigenvalue weighted by Crippen LogP contribution is 2.39. The molecule has 0 saturated heterocycles. The van der Waals surface area contributed by atoms with Gasteiger partial charge in [-0.15, -0.1) is 0 Å². The van der Waals surface area contributed by atoms with Crippen LogP contribution in [-0.4, -0.2) is 28.8 Å². The third-order valence-electron chi connectivity index (χ3n) is 3.75. The number of carbonyl (C=O) groups excluding carboxylic acids is 1. The Bertz CT molecular complexity index is 538. The van der Waals surface area contributed by atoms with Crippen LogP contribution in [0.1, 0.15) is 36.5 Å². The summed E-state index contributed by atoms with van der Waals surface area (Å²) in [4.78, 5) is 22.6. The third kappa shape index (κ3) is 3.01. The van der Waals surface area contributed by atoms with Gasteiger partial charge >= 0.3 is 12.0 Å². The molecule has 2 amide bonds. The van der Waals surface area contributed by atoms with Gasteiger partial charge in [-0.25, -0.2) is 9.59 Å². The second-order valence-electron chi connectivity index (χ2n) is 5.48. The molecule has 4 N–H and O–H groups in total. The molecule has 0 aromatic heterocycles. The van der Waals surface area contributed by atoms with Gasteiger partial charge in [-0.1, -0.05) is 19.4 Å². The Morgan fingerprint density at radius 2 is 2.05 bits per heavy atom. The summed E-state index contributed by atoms with van der Waals surface area (Å²) in [6, 6.07) is 3.74. The molecule has 108 valence electrons. The van der Waals surface area contributed by atoms with Gasteiger partial charge in [0.25, 0.3) is 0 Å². The summed E-state index contributed by atoms with van der Waals surface area (Å²) in [5.74, 6) is -1.68. The van der Waals surface area contributed by atoms with Gasteiger partial charge in [0.15, 0.2) is 5.75 Å². The zero-order chi connectivity index (χ0) is 14.8. The molecule has 6 nitrogen and oxygen atoms in total. The molecule has 1 saturated carbocycles. The summed E-state index contributed by atoms with van der Waals surface area (Å²) >= 11 is 0. The first-order valence-electron chi connectivity index (χ1n) is 6.51. The number of carboxylic acid groups (broad SMARTS) is 1. The van der Waals surface area contributed by atoms with Crippen molar-refractivity contribution < 1.29 is 19.8 Å². The number of urea groups is 1. The molecule has 1 aromatic carbocycles. The van der Waals surface area contributed by atoms with Crippen LogP contribution in [0.5, 0.6) is 5.75 Å². The van der Waals surface area contributed by atoms with Crippen LogP contribution in [0.25, 0.3) is 0 Å². The normalized spacial score (nSPS) is 16.1. The number of aromatic hydroxyl groups is 1. The molecule has 0 spiro atoms. The third-order valence-corrected chi connectivity index (χ3v) is 3.75. The monoisotopic (exact) mass is 278 g/mol. The SMILES string of the molecule is CC1(CNC(=O)Nc2cccc(C(=O)O)c2O)CCC1. The molecule has 0 heterocycles. The number of carboxylic acids is 1. The lowest BCUT2D eigenvalue weighted by molar-refractivity contribution is 0.0693. The fourth-order valence-electron chi connectivity index (χ4n) is 2.23. The number of hydrogen-bond donors (Lipinski definition) is 4. The Morgan fingerprint density at radius 1 is 1.35 bits per heavy atom. The molecule has 6 heteroatoms. The van der Waals surface area contributed by atoms with E-state index in [9.17, 15) is 14.7 Å². The van der Waals surface area contributed by atoms with E-state index in [-0.39, 0.29) is 16.7 Å². The topological polar surface area (TPSA) is 98.7 Å². The zero-order valence-electron chi connectivity index (χ0n) is 11.3. The fourth-order valence-corrected chi connectivity index (χ4v) is 2.23. The minimum absolute atomic E-state index is 0.0844. The number of anilines is 1. The smallest absolute Gasteiger partial charge is 0.339 e. The van der Waals surface area contributed by atoms with E-state index in [1.165, 1.54) is 24.6 Å². The lowest BCUT2D eigenvalue weighted by Gasteiger charge is -2.38. The van der Waals surface area contributed by atoms with Crippen LogP contribution in [0.4, 0.5) is 10.5 Å². The number of phenols is 1. The fraction of sp³-hybridized carbons (Fsp3) is 0.429. The molecule has 1 aliphatic rings. The van der Waals surface area contributed by atoms with Crippen LogP contribution in [0.15, 0.2) is 18.2 Å². The average Bonchev–Trinajstić information content (AvgIpc) is 2.36. The Balaban J connectivity index is 1.97. The lowest BCUT2D eigenvalue weighted by atomic mass is 9.70. The van der Waals surface area contributed by atoms with Crippen LogP contribution >= 0.6 is 0 Å². The summed E-state index contributed by atoms with van der Waals surface area (Å²) in [6.45, 7) is 2.68. The maximum atomic E-state index is 11.8. The minimum Gasteiger partial charge on any atom is -0.505 e. The van der Waals surface area contributed by atoms with Gasteiger partial charge in [0.1, 0.15) is 5.56 Å². The molecule has 0 bridgehead atoms. The number of para-hydroxylation sites is 1. The summed E-state index contributed by atoms with van der Waals surface area (Å²) in [6.07, 6.45) is 3.36. The van der Waals surface area contributed by atoms with Crippen molar-refractivity contribution >= 4 is 17.7 Å². The number of hydrogen-bond acceptors (Lipinski definition) is 3. The molecule has 20 heavy (non-hydrogen) atoms. The van der Waals surface area contributed by atoms with Crippen molar-refractivity contribution in [3.05, 3.63) is 23.8 Å². The van der Waals surface area contributed by atoms with Crippen molar-refractivity contribution in [1.82, 2.24) is 5.32 Å². The molecule has 2 rings (SSSR count). The lowest BCUT2D eigenvalue weighted by Crippen LogP contribution is -2.41. The molecule has 0 atom stereocenters. The quantitative estimate of drug-likeness (QED) is 0.635. The number of carbonyl (C=O) groups is 2. The molecule has 1 fully saturated rings. The van der Waals surface area contributed by atoms with Gasteiger partial charge in [0, 0.05) is 6.54 Å². The predicted molar refractivity (Wildman–Crippen MR) is 74.0 cm³/mol. The summed E-state index contributed by atoms with van der Waals surface area (Å²) < 4.78 is 0. The van der Waals surface area contributed by atoms with Gasteiger partial charge in [-0.2, -0.15) is 0 Å². The van der Waals surface area contributed by atoms with Crippen molar-refractivity contribution in [3.63, 3.8) is 0 Å². The number of aromatic carboxylic acids is 1. The molecular formula is C14H18N2O4. The van der Waals surface area contributed by atoms with Gasteiger partial charge in [0.05, 0.1) is 5.69 Å². The van der Waals surface area contributed by atoms with Crippen molar-refractivity contribution in [3.8, 4) is 5.75 Å². The Labute approximate surface area is 116 Å². The van der Waals surface area contributed by atoms with E-state index in [2.05, 4.69) is 17.6 Å². The van der Waals surface area contributed by atoms with Gasteiger partial charge in [-0.3, -0.25) is 0 Å². The van der Waals surface area contributed by atoms with E-state index in [1.807, 2.05) is 0 Å². The number of benzene rings is 1. The maximum absolute atomic E-state index is 11.8. The highest BCUT2D eigenvalue weighted by molar-refractivity contribution is 5.97. The summed E-state index contributed by atoms with van der Waals surface area (Å²) in [7, 11) is 0. The standard InChI is InChI=1S/C14H18N2O4/c1-14(6-3-7-14)8-15-13(20)16-10-5-2-4-9(11(10)17)12(18)19/h2,4-5,17H,3,6-8H2,1H3,(H,18,19)(H2,15,16,20). The van der Waals surface area contributed by atoms with Crippen LogP contribution in [0.2, 0.25) is 0 Å². The Kier molecular flexibility index (Phi) is 3.83. The number of rotatable bonds is 4. The van der Waals surface area contributed by atoms with E-state index in [0.717, 1.165) is 12.8 Å². The van der Waals surface area contributed by atoms with E-state index in [1.54, 1.807) is 0 Å². The second-order valence-corrected chi connectivity index (χ2v) is 5.48. The van der Waals surface area contributed by atoms with Crippen LogP contribution in [0.3, 0.4) is 0 Å². The van der Waals surface area contributed by atoms with E-state index >= 15 is 0 Å². The van der Waals surface area contributed by atoms with E-state index in [4.69, 9.17) is 5.11 Å². The first-order valence-corrected chi connectivity index (χ1v) is 6.51. The van der Waals surface area contributed by atoms with Crippen molar-refractivity contribution in [1.29, 1.82) is 0 Å². The Morgan fingerprint density at radius 3 is 2.60 bits per heavy atom. The Hall–Kier alpha value is -2.24. The highest BCUT2D eigenvalue weighted by Gasteiger charge is 2.31. The van der Waals surface area contributed by atoms with E-state index < -0.39 is 17.7 Å². The highest BCUT2D eigenvalue weighted by atomic mass is 16.4. The van der Waals surface area contributed by atoms with Crippen LogP contribution < -0.4 is 10.6 Å². The summed E-state index contributed by atoms with van der Waals surface area (Å²) in [5, 5.41) is 23.9. The second kappa shape index (κ2) is 5.40. The molecule has 1 aliphatic carbocycles. The van der Waals surface area contributed by atoms with Crippen molar-refractivity contribution in [2.24, 2.45) is 5.41 Å². The van der Waals surface area contributed by atoms with Crippen molar-refractivity contribution in [2.75, 3.05) is 11.9 Å². The van der Waals surface area contributed by atoms with Crippen LogP contribution in [0, 0.1) is 5.41 Å². The largest absolute Gasteiger partial charge is 0.505 e. The van der Waals surface area contributed by atoms with Crippen LogP contribution in [-0.2, 0) is 0 Å². The van der Waals surface area contributed by atoms with Gasteiger partial charge in [-0.05, 0) is 30.4 Å². The first kappa shape index (κ1) is 14.2. The van der Waals surface area contributed by atoms with Gasteiger partial charge in [0.2, 0.25) is 0 Å². The molecule has 1 aromatic rings. The number of amides is 2. The average molecular weight is 278 g/mol. The molecular weight excluding hydrogens is 260 g/mol. The molecule has 0 unspecified atom stereocenters. The van der Waals surface area contributed by atoms with Crippen molar-refractivity contribution in [2.45, 2.75) is 26.2 Å². The zero-order valence-corrected chi connectivity index (χ0v) is 11.3. The number of nitrogens with one attached hydrogen (secondary N) is 2. The summed E-state index contributed by atoms with van der Waals surface area (Å²) in [5.41, 5.74) is -0.00243. The van der Waals surface area contributed by atoms with E-state index in [0.29, 0.717) is 6.54 Å². The molecule has 0 aliphatic heterocycles. The minimum atomic E-state index is -1.24. The van der Waals surface area contributed by atoms with Gasteiger partial charge < -0.3 is 20.8 Å². The first-order chi connectivity index (χ1) is 9.41.